The van der Waals surface area contributed by atoms with Crippen molar-refractivity contribution in [2.24, 2.45) is 0 Å². The molecule has 1 amide bonds. The molecule has 0 saturated carbocycles. The zero-order chi connectivity index (χ0) is 16.3. The maximum absolute atomic E-state index is 11.8. The first kappa shape index (κ1) is 16.2. The van der Waals surface area contributed by atoms with E-state index in [1.165, 1.54) is 4.68 Å². The topological polar surface area (TPSA) is 94.8 Å². The molecule has 2 rings (SSSR count). The van der Waals surface area contributed by atoms with Crippen molar-refractivity contribution in [3.05, 3.63) is 29.6 Å². The second kappa shape index (κ2) is 6.27. The lowest BCUT2D eigenvalue weighted by atomic mass is 10.2. The number of carbonyl (C=O) groups is 1. The number of halogens is 1. The van der Waals surface area contributed by atoms with Gasteiger partial charge in [-0.2, -0.15) is 9.67 Å². The molecule has 1 N–H and O–H groups in total. The molecule has 0 fully saturated rings. The van der Waals surface area contributed by atoms with Gasteiger partial charge in [-0.1, -0.05) is 0 Å². The molecule has 2 heterocycles. The van der Waals surface area contributed by atoms with E-state index in [0.717, 1.165) is 0 Å². The molecule has 0 aliphatic rings. The smallest absolute Gasteiger partial charge is 0.408 e. The van der Waals surface area contributed by atoms with E-state index >= 15 is 0 Å². The predicted octanol–water partition coefficient (Wildman–Crippen LogP) is 2.30. The van der Waals surface area contributed by atoms with E-state index < -0.39 is 17.7 Å². The lowest BCUT2D eigenvalue weighted by molar-refractivity contribution is 0.0505. The fourth-order valence-corrected chi connectivity index (χ4v) is 1.84. The predicted molar refractivity (Wildman–Crippen MR) is 79.7 cm³/mol. The summed E-state index contributed by atoms with van der Waals surface area (Å²) in [5.41, 5.74) is -0.586. The number of carbonyl (C=O) groups excluding carboxylic acids is 1. The lowest BCUT2D eigenvalue weighted by Crippen LogP contribution is -2.35. The van der Waals surface area contributed by atoms with Gasteiger partial charge < -0.3 is 10.1 Å². The van der Waals surface area contributed by atoms with E-state index in [4.69, 9.17) is 16.3 Å². The van der Waals surface area contributed by atoms with Crippen molar-refractivity contribution in [1.29, 1.82) is 0 Å². The Labute approximate surface area is 132 Å². The minimum atomic E-state index is -0.586. The number of nitrogens with one attached hydrogen (secondary N) is 1. The van der Waals surface area contributed by atoms with Gasteiger partial charge in [0.2, 0.25) is 5.28 Å². The van der Waals surface area contributed by atoms with E-state index in [1.807, 2.05) is 0 Å². The molecule has 2 aromatic rings. The third-order valence-electron chi connectivity index (χ3n) is 2.47. The van der Waals surface area contributed by atoms with Crippen LogP contribution in [0.15, 0.2) is 18.5 Å². The fourth-order valence-electron chi connectivity index (χ4n) is 1.67. The monoisotopic (exact) mass is 324 g/mol. The van der Waals surface area contributed by atoms with Crippen LogP contribution in [-0.4, -0.2) is 36.4 Å². The molecule has 0 radical (unpaired) electrons. The van der Waals surface area contributed by atoms with Gasteiger partial charge in [-0.3, -0.25) is 0 Å². The lowest BCUT2D eigenvalue weighted by Gasteiger charge is -2.21. The first-order valence-corrected chi connectivity index (χ1v) is 7.03. The molecule has 22 heavy (non-hydrogen) atoms. The molecule has 0 aliphatic heterocycles. The van der Waals surface area contributed by atoms with Crippen molar-refractivity contribution in [3.63, 3.8) is 0 Å². The number of aromatic nitrogens is 5. The highest BCUT2D eigenvalue weighted by Gasteiger charge is 2.23. The largest absolute Gasteiger partial charge is 0.444 e. The van der Waals surface area contributed by atoms with Gasteiger partial charge in [-0.25, -0.2) is 14.8 Å². The van der Waals surface area contributed by atoms with Crippen LogP contribution in [0.2, 0.25) is 5.28 Å². The highest BCUT2D eigenvalue weighted by molar-refractivity contribution is 6.28. The number of hydrogen-bond donors (Lipinski definition) is 1. The van der Waals surface area contributed by atoms with E-state index in [9.17, 15) is 4.79 Å². The molecule has 0 unspecified atom stereocenters. The number of alkyl carbamates (subject to hydrolysis) is 1. The Morgan fingerprint density at radius 2 is 2.00 bits per heavy atom. The van der Waals surface area contributed by atoms with Crippen molar-refractivity contribution in [1.82, 2.24) is 30.0 Å². The Hall–Kier alpha value is -2.22. The van der Waals surface area contributed by atoms with Gasteiger partial charge in [-0.05, 0) is 45.4 Å². The van der Waals surface area contributed by atoms with Crippen LogP contribution in [0.5, 0.6) is 0 Å². The molecule has 1 atom stereocenters. The molecule has 0 saturated heterocycles. The minimum absolute atomic E-state index is 0.0419. The Bertz CT molecular complexity index is 652. The molecular formula is C13H17ClN6O2. The quantitative estimate of drug-likeness (QED) is 0.930. The van der Waals surface area contributed by atoms with Crippen LogP contribution >= 0.6 is 11.6 Å². The van der Waals surface area contributed by atoms with Crippen LogP contribution in [0.3, 0.4) is 0 Å². The van der Waals surface area contributed by atoms with Gasteiger partial charge in [0.25, 0.3) is 5.95 Å². The average molecular weight is 325 g/mol. The van der Waals surface area contributed by atoms with Crippen molar-refractivity contribution < 1.29 is 9.53 Å². The zero-order valence-electron chi connectivity index (χ0n) is 12.7. The maximum atomic E-state index is 11.8. The summed E-state index contributed by atoms with van der Waals surface area (Å²) in [5, 5.41) is 6.76. The van der Waals surface area contributed by atoms with Crippen LogP contribution in [-0.2, 0) is 4.74 Å². The summed E-state index contributed by atoms with van der Waals surface area (Å²) in [6.07, 6.45) is 2.60. The number of hydrogen-bond acceptors (Lipinski definition) is 6. The van der Waals surface area contributed by atoms with Crippen molar-refractivity contribution in [3.8, 4) is 5.95 Å². The molecule has 8 nitrogen and oxygen atoms in total. The van der Waals surface area contributed by atoms with Gasteiger partial charge in [0.1, 0.15) is 5.60 Å². The van der Waals surface area contributed by atoms with Crippen LogP contribution in [0.4, 0.5) is 4.79 Å². The summed E-state index contributed by atoms with van der Waals surface area (Å²) >= 11 is 5.86. The third-order valence-corrected chi connectivity index (χ3v) is 2.63. The van der Waals surface area contributed by atoms with Crippen LogP contribution in [0.1, 0.15) is 39.6 Å². The molecule has 9 heteroatoms. The number of amides is 1. The van der Waals surface area contributed by atoms with Gasteiger partial charge >= 0.3 is 6.09 Å². The molecule has 0 spiro atoms. The standard InChI is InChI=1S/C13H17ClN6O2/c1-8(17-12(21)22-13(2,3)4)9-18-10(14)19-20(9)11-15-6-5-7-16-11/h5-8H,1-4H3,(H,17,21)/t8-/m0/s1. The molecular weight excluding hydrogens is 308 g/mol. The fraction of sp³-hybridized carbons (Fsp3) is 0.462. The second-order valence-corrected chi connectivity index (χ2v) is 5.91. The first-order chi connectivity index (χ1) is 10.3. The van der Waals surface area contributed by atoms with Gasteiger partial charge in [0, 0.05) is 12.4 Å². The highest BCUT2D eigenvalue weighted by atomic mass is 35.5. The Balaban J connectivity index is 2.20. The van der Waals surface area contributed by atoms with E-state index in [-0.39, 0.29) is 5.28 Å². The SMILES string of the molecule is C[C@H](NC(=O)OC(C)(C)C)c1nc(Cl)nn1-c1ncccn1. The number of nitrogens with zero attached hydrogens (tertiary/aromatic N) is 5. The van der Waals surface area contributed by atoms with E-state index in [0.29, 0.717) is 11.8 Å². The van der Waals surface area contributed by atoms with Crippen LogP contribution in [0, 0.1) is 0 Å². The van der Waals surface area contributed by atoms with E-state index in [2.05, 4.69) is 25.4 Å². The first-order valence-electron chi connectivity index (χ1n) is 6.65. The molecule has 0 aliphatic carbocycles. The average Bonchev–Trinajstić information content (AvgIpc) is 2.79. The van der Waals surface area contributed by atoms with Crippen LogP contribution < -0.4 is 5.32 Å². The summed E-state index contributed by atoms with van der Waals surface area (Å²) in [7, 11) is 0. The second-order valence-electron chi connectivity index (χ2n) is 5.57. The Morgan fingerprint density at radius 1 is 1.36 bits per heavy atom. The summed E-state index contributed by atoms with van der Waals surface area (Å²) in [4.78, 5) is 24.1. The van der Waals surface area contributed by atoms with Crippen molar-refractivity contribution in [2.75, 3.05) is 0 Å². The zero-order valence-corrected chi connectivity index (χ0v) is 13.5. The molecule has 0 bridgehead atoms. The number of rotatable bonds is 3. The summed E-state index contributed by atoms with van der Waals surface area (Å²) in [6, 6.07) is 1.20. The summed E-state index contributed by atoms with van der Waals surface area (Å²) in [5.74, 6) is 0.719. The van der Waals surface area contributed by atoms with Gasteiger partial charge in [0.05, 0.1) is 6.04 Å². The molecule has 0 aromatic carbocycles. The van der Waals surface area contributed by atoms with Crippen molar-refractivity contribution in [2.45, 2.75) is 39.3 Å². The summed E-state index contributed by atoms with van der Waals surface area (Å²) in [6.45, 7) is 7.10. The third kappa shape index (κ3) is 4.14. The van der Waals surface area contributed by atoms with Gasteiger partial charge in [0.15, 0.2) is 5.82 Å². The van der Waals surface area contributed by atoms with Gasteiger partial charge in [-0.15, -0.1) is 5.10 Å². The Morgan fingerprint density at radius 3 is 2.59 bits per heavy atom. The van der Waals surface area contributed by atoms with Crippen molar-refractivity contribution >= 4 is 17.7 Å². The normalized spacial score (nSPS) is 12.8. The highest BCUT2D eigenvalue weighted by Crippen LogP contribution is 2.16. The molecule has 2 aromatic heterocycles. The Kier molecular flexibility index (Phi) is 4.60. The minimum Gasteiger partial charge on any atom is -0.444 e. The molecule has 118 valence electrons. The maximum Gasteiger partial charge on any atom is 0.408 e. The van der Waals surface area contributed by atoms with E-state index in [1.54, 1.807) is 46.2 Å². The summed E-state index contributed by atoms with van der Waals surface area (Å²) < 4.78 is 6.59. The van der Waals surface area contributed by atoms with Crippen LogP contribution in [0.25, 0.3) is 5.95 Å². The number of ether oxygens (including phenoxy) is 1.